The first-order chi connectivity index (χ1) is 28.0. The van der Waals surface area contributed by atoms with Gasteiger partial charge in [0, 0.05) is 82.6 Å². The number of nitrogens with one attached hydrogen (secondary N) is 1. The summed E-state index contributed by atoms with van der Waals surface area (Å²) in [7, 11) is -8.81. The van der Waals surface area contributed by atoms with Gasteiger partial charge in [-0.25, -0.2) is 16.8 Å². The van der Waals surface area contributed by atoms with Crippen LogP contribution in [-0.4, -0.2) is 136 Å². The third-order valence-electron chi connectivity index (χ3n) is 11.6. The highest BCUT2D eigenvalue weighted by atomic mass is 32.2. The molecule has 2 heterocycles. The highest BCUT2D eigenvalue weighted by Crippen LogP contribution is 2.49. The Bertz CT molecular complexity index is 2260. The molecular formula is C42H56N3O13S2-. The topological polar surface area (TPSA) is 268 Å². The zero-order valence-corrected chi connectivity index (χ0v) is 35.9. The van der Waals surface area contributed by atoms with Gasteiger partial charge in [-0.05, 0) is 87.9 Å². The van der Waals surface area contributed by atoms with Crippen LogP contribution in [0.5, 0.6) is 0 Å². The van der Waals surface area contributed by atoms with Crippen LogP contribution in [0.25, 0.3) is 0 Å². The summed E-state index contributed by atoms with van der Waals surface area (Å²) >= 11 is 0. The van der Waals surface area contributed by atoms with Crippen LogP contribution < -0.4 is 10.2 Å². The predicted molar refractivity (Wildman–Crippen MR) is 221 cm³/mol. The molecule has 2 aromatic carbocycles. The SMILES string of the molecule is CC1(C)C(/C=C/C=C2/N(CCCCS(=O)(=O)[O-])c3ccc(C(=O)C4CC4)cc3C2(C)C)=[N+](CCCCS(=O)(=O)[O-])c2ccc(C(=O)NCC(O)C(O)C(O)C(O)CO)cc21. The van der Waals surface area contributed by atoms with E-state index in [1.807, 2.05) is 68.7 Å². The van der Waals surface area contributed by atoms with Gasteiger partial charge in [0.1, 0.15) is 24.9 Å². The number of unbranched alkanes of at least 4 members (excludes halogenated alkanes) is 2. The summed E-state index contributed by atoms with van der Waals surface area (Å²) in [6, 6.07) is 10.7. The Balaban J connectivity index is 1.46. The van der Waals surface area contributed by atoms with E-state index >= 15 is 0 Å². The van der Waals surface area contributed by atoms with Gasteiger partial charge in [0.05, 0.1) is 38.4 Å². The monoisotopic (exact) mass is 874 g/mol. The van der Waals surface area contributed by atoms with Gasteiger partial charge in [0.25, 0.3) is 5.91 Å². The summed E-state index contributed by atoms with van der Waals surface area (Å²) in [5.74, 6) is -1.47. The van der Waals surface area contributed by atoms with Gasteiger partial charge in [0.2, 0.25) is 5.69 Å². The molecular weight excluding hydrogens is 819 g/mol. The van der Waals surface area contributed by atoms with Crippen LogP contribution in [-0.2, 0) is 31.1 Å². The lowest BCUT2D eigenvalue weighted by Gasteiger charge is -2.27. The molecule has 0 aromatic heterocycles. The summed E-state index contributed by atoms with van der Waals surface area (Å²) in [6.45, 7) is 7.43. The predicted octanol–water partition coefficient (Wildman–Crippen LogP) is 1.71. The number of Topliss-reactive ketones (excluding diaryl/α,β-unsaturated/α-hetero) is 1. The van der Waals surface area contributed by atoms with E-state index in [1.165, 1.54) is 0 Å². The Morgan fingerprint density at radius 1 is 0.850 bits per heavy atom. The van der Waals surface area contributed by atoms with Crippen LogP contribution in [0.3, 0.4) is 0 Å². The zero-order chi connectivity index (χ0) is 44.4. The number of ketones is 1. The van der Waals surface area contributed by atoms with Crippen molar-refractivity contribution in [2.45, 2.75) is 101 Å². The minimum atomic E-state index is -4.43. The third-order valence-corrected chi connectivity index (χ3v) is 13.2. The van der Waals surface area contributed by atoms with Crippen molar-refractivity contribution in [1.29, 1.82) is 0 Å². The van der Waals surface area contributed by atoms with Crippen LogP contribution in [0.15, 0.2) is 60.3 Å². The number of hydrogen-bond donors (Lipinski definition) is 6. The minimum absolute atomic E-state index is 0.0327. The number of aliphatic hydroxyl groups is 5. The van der Waals surface area contributed by atoms with Crippen molar-refractivity contribution in [3.63, 3.8) is 0 Å². The van der Waals surface area contributed by atoms with Gasteiger partial charge >= 0.3 is 0 Å². The summed E-state index contributed by atoms with van der Waals surface area (Å²) in [5, 5.41) is 51.7. The summed E-state index contributed by atoms with van der Waals surface area (Å²) in [4.78, 5) is 28.5. The number of hydrogen-bond acceptors (Lipinski definition) is 14. The molecule has 0 radical (unpaired) electrons. The fourth-order valence-corrected chi connectivity index (χ4v) is 9.14. The summed E-state index contributed by atoms with van der Waals surface area (Å²) in [5.41, 5.74) is 4.50. The van der Waals surface area contributed by atoms with Crippen LogP contribution in [0.2, 0.25) is 0 Å². The minimum Gasteiger partial charge on any atom is -0.748 e. The second kappa shape index (κ2) is 18.6. The largest absolute Gasteiger partial charge is 0.748 e. The molecule has 0 saturated heterocycles. The molecule has 60 heavy (non-hydrogen) atoms. The third kappa shape index (κ3) is 11.0. The van der Waals surface area contributed by atoms with Crippen molar-refractivity contribution in [3.8, 4) is 0 Å². The Morgan fingerprint density at radius 2 is 1.45 bits per heavy atom. The first-order valence-electron chi connectivity index (χ1n) is 20.1. The molecule has 0 bridgehead atoms. The number of allylic oxidation sites excluding steroid dienone is 4. The molecule has 0 spiro atoms. The molecule has 1 aliphatic carbocycles. The maximum atomic E-state index is 13.3. The van der Waals surface area contributed by atoms with E-state index < -0.39 is 86.0 Å². The lowest BCUT2D eigenvalue weighted by atomic mass is 9.80. The number of aliphatic hydroxyl groups excluding tert-OH is 5. The van der Waals surface area contributed by atoms with Crippen LogP contribution in [0.1, 0.15) is 98.1 Å². The van der Waals surface area contributed by atoms with Crippen LogP contribution in [0.4, 0.5) is 11.4 Å². The molecule has 1 saturated carbocycles. The van der Waals surface area contributed by atoms with Crippen molar-refractivity contribution in [1.82, 2.24) is 5.32 Å². The van der Waals surface area contributed by atoms with Crippen molar-refractivity contribution < 1.29 is 65.6 Å². The normalized spacial score (nSPS) is 20.0. The average Bonchev–Trinajstić information content (AvgIpc) is 3.98. The van der Waals surface area contributed by atoms with Gasteiger partial charge in [-0.2, -0.15) is 4.58 Å². The molecule has 16 nitrogen and oxygen atoms in total. The number of amides is 1. The van der Waals surface area contributed by atoms with E-state index in [0.29, 0.717) is 31.5 Å². The molecule has 6 N–H and O–H groups in total. The number of benzene rings is 2. The first kappa shape index (κ1) is 47.2. The molecule has 1 amide bonds. The van der Waals surface area contributed by atoms with Crippen molar-refractivity contribution in [3.05, 3.63) is 82.6 Å². The van der Waals surface area contributed by atoms with Crippen molar-refractivity contribution in [2.24, 2.45) is 5.92 Å². The van der Waals surface area contributed by atoms with Crippen LogP contribution in [0, 0.1) is 5.92 Å². The maximum absolute atomic E-state index is 13.3. The molecule has 1 fully saturated rings. The van der Waals surface area contributed by atoms with Crippen molar-refractivity contribution >= 4 is 49.0 Å². The smallest absolute Gasteiger partial charge is 0.251 e. The van der Waals surface area contributed by atoms with Gasteiger partial charge in [-0.15, -0.1) is 0 Å². The van der Waals surface area contributed by atoms with Crippen LogP contribution >= 0.6 is 0 Å². The fraction of sp³-hybridized carbons (Fsp3) is 0.548. The lowest BCUT2D eigenvalue weighted by Crippen LogP contribution is -2.49. The molecule has 4 atom stereocenters. The molecule has 3 aliphatic rings. The summed E-state index contributed by atoms with van der Waals surface area (Å²) < 4.78 is 70.2. The quantitative estimate of drug-likeness (QED) is 0.0452. The number of fused-ring (bicyclic) bond motifs is 2. The molecule has 330 valence electrons. The Morgan fingerprint density at radius 3 is 2.07 bits per heavy atom. The van der Waals surface area contributed by atoms with E-state index in [0.717, 1.165) is 46.8 Å². The zero-order valence-electron chi connectivity index (χ0n) is 34.3. The number of carbonyl (C=O) groups is 2. The van der Waals surface area contributed by atoms with Gasteiger partial charge < -0.3 is 44.9 Å². The first-order valence-corrected chi connectivity index (χ1v) is 23.3. The van der Waals surface area contributed by atoms with E-state index in [2.05, 4.69) is 10.2 Å². The molecule has 18 heteroatoms. The number of carbonyl (C=O) groups excluding carboxylic acids is 2. The van der Waals surface area contributed by atoms with Gasteiger partial charge in [-0.1, -0.05) is 19.9 Å². The number of nitrogens with zero attached hydrogens (tertiary/aromatic N) is 2. The van der Waals surface area contributed by atoms with E-state index in [1.54, 1.807) is 18.2 Å². The van der Waals surface area contributed by atoms with E-state index in [-0.39, 0.29) is 30.1 Å². The van der Waals surface area contributed by atoms with E-state index in [4.69, 9.17) is 5.11 Å². The fourth-order valence-electron chi connectivity index (χ4n) is 8.02. The molecule has 5 rings (SSSR count). The lowest BCUT2D eigenvalue weighted by molar-refractivity contribution is -0.438. The second-order valence-electron chi connectivity index (χ2n) is 16.9. The van der Waals surface area contributed by atoms with E-state index in [9.17, 15) is 56.0 Å². The Hall–Kier alpha value is -3.85. The standard InChI is InChI=1S/C42H57N3O13S2/c1-41(2)29-22-27(37(49)26-12-13-26)14-16-31(29)44(18-5-7-20-59(53,54)55)35(41)10-9-11-36-42(3,4)30-23-28(15-17-32(30)45(36)19-6-8-21-60(56,57)58)40(52)43-24-33(47)38(50)39(51)34(48)25-46/h9-11,14-17,22-23,26,33-34,38-39,46-48,50-51H,5-8,12-13,18-21,24-25H2,1-4H3,(H2-,43,52,53,54,55,56,57,58)/p-1. The van der Waals surface area contributed by atoms with Gasteiger partial charge in [-0.3, -0.25) is 9.59 Å². The maximum Gasteiger partial charge on any atom is 0.251 e. The molecule has 2 aromatic rings. The highest BCUT2D eigenvalue weighted by Gasteiger charge is 2.45. The molecule has 4 unspecified atom stereocenters. The summed E-state index contributed by atoms with van der Waals surface area (Å²) in [6.07, 6.45) is 1.47. The second-order valence-corrected chi connectivity index (χ2v) is 19.9. The number of rotatable bonds is 21. The van der Waals surface area contributed by atoms with Crippen molar-refractivity contribution in [2.75, 3.05) is 42.6 Å². The Labute approximate surface area is 351 Å². The molecule has 2 aliphatic heterocycles. The average molecular weight is 875 g/mol. The van der Waals surface area contributed by atoms with Gasteiger partial charge in [0.15, 0.2) is 11.5 Å². The Kier molecular flexibility index (Phi) is 14.7. The highest BCUT2D eigenvalue weighted by molar-refractivity contribution is 7.85. The number of anilines is 1.